The van der Waals surface area contributed by atoms with E-state index in [2.05, 4.69) is 25.8 Å². The van der Waals surface area contributed by atoms with Gasteiger partial charge >= 0.3 is 0 Å². The number of nitrogens with two attached hydrogens (primary N) is 2. The molecule has 3 aliphatic heterocycles. The van der Waals surface area contributed by atoms with Crippen molar-refractivity contribution in [1.82, 2.24) is 25.8 Å². The molecule has 34 heavy (non-hydrogen) atoms. The van der Waals surface area contributed by atoms with Gasteiger partial charge in [-0.1, -0.05) is 17.4 Å². The Morgan fingerprint density at radius 1 is 1.24 bits per heavy atom. The van der Waals surface area contributed by atoms with Gasteiger partial charge in [-0.15, -0.1) is 0 Å². The number of allylic oxidation sites excluding steroid dienone is 1. The number of nitrogens with zero attached hydrogens (tertiary/aromatic N) is 2. The van der Waals surface area contributed by atoms with Crippen molar-refractivity contribution >= 4 is 22.2 Å². The van der Waals surface area contributed by atoms with E-state index in [-0.39, 0.29) is 27.3 Å². The van der Waals surface area contributed by atoms with Crippen LogP contribution < -0.4 is 27.4 Å². The third kappa shape index (κ3) is 4.21. The zero-order valence-electron chi connectivity index (χ0n) is 18.6. The number of benzene rings is 1. The zero-order chi connectivity index (χ0) is 23.8. The minimum absolute atomic E-state index is 0.0256. The maximum absolute atomic E-state index is 14.2. The lowest BCUT2D eigenvalue weighted by Gasteiger charge is -2.40. The van der Waals surface area contributed by atoms with Crippen molar-refractivity contribution in [2.75, 3.05) is 31.9 Å². The number of rotatable bonds is 4. The third-order valence-corrected chi connectivity index (χ3v) is 7.21. The summed E-state index contributed by atoms with van der Waals surface area (Å²) in [4.78, 5) is 19.7. The average molecular weight is 488 g/mol. The van der Waals surface area contributed by atoms with Crippen molar-refractivity contribution < 1.29 is 13.6 Å². The Morgan fingerprint density at radius 3 is 2.79 bits per heavy atom. The summed E-state index contributed by atoms with van der Waals surface area (Å²) in [5, 5.41) is 9.87. The van der Waals surface area contributed by atoms with Crippen LogP contribution in [0, 0.1) is 11.6 Å². The van der Waals surface area contributed by atoms with E-state index in [0.717, 1.165) is 79.3 Å². The molecule has 0 aliphatic carbocycles. The molecule has 180 valence electrons. The van der Waals surface area contributed by atoms with Gasteiger partial charge in [0.25, 0.3) is 5.91 Å². The number of piperidine rings is 1. The fourth-order valence-electron chi connectivity index (χ4n) is 4.76. The maximum atomic E-state index is 14.2. The summed E-state index contributed by atoms with van der Waals surface area (Å²) in [6, 6.07) is 3.64. The van der Waals surface area contributed by atoms with Gasteiger partial charge < -0.3 is 32.3 Å². The molecule has 1 aromatic heterocycles. The van der Waals surface area contributed by atoms with Crippen LogP contribution in [0.25, 0.3) is 10.6 Å². The molecule has 0 radical (unpaired) electrons. The molecule has 4 heterocycles. The number of likely N-dealkylation sites (tertiary alicyclic amines) is 1. The summed E-state index contributed by atoms with van der Waals surface area (Å²) in [7, 11) is 0. The van der Waals surface area contributed by atoms with Crippen molar-refractivity contribution in [2.24, 2.45) is 5.73 Å². The van der Waals surface area contributed by atoms with Crippen LogP contribution in [0.4, 0.5) is 13.8 Å². The first kappa shape index (κ1) is 22.6. The number of hydrogen-bond acceptors (Lipinski definition) is 8. The minimum Gasteiger partial charge on any atom is -0.389 e. The Labute approximate surface area is 200 Å². The van der Waals surface area contributed by atoms with Crippen LogP contribution in [0.1, 0.15) is 36.2 Å². The molecule has 1 atom stereocenters. The Kier molecular flexibility index (Phi) is 6.13. The van der Waals surface area contributed by atoms with Gasteiger partial charge in [-0.2, -0.15) is 0 Å². The van der Waals surface area contributed by atoms with E-state index in [1.54, 1.807) is 0 Å². The first-order valence-electron chi connectivity index (χ1n) is 11.4. The monoisotopic (exact) mass is 487 g/mol. The van der Waals surface area contributed by atoms with Crippen molar-refractivity contribution in [1.29, 1.82) is 0 Å². The summed E-state index contributed by atoms with van der Waals surface area (Å²) < 4.78 is 28.5. The molecule has 7 N–H and O–H groups in total. The van der Waals surface area contributed by atoms with Gasteiger partial charge in [-0.3, -0.25) is 4.79 Å². The first-order valence-corrected chi connectivity index (χ1v) is 12.2. The summed E-state index contributed by atoms with van der Waals surface area (Å²) in [6.45, 7) is 2.87. The van der Waals surface area contributed by atoms with E-state index in [1.165, 1.54) is 6.07 Å². The second kappa shape index (κ2) is 9.22. The van der Waals surface area contributed by atoms with Gasteiger partial charge in [0.15, 0.2) is 5.69 Å². The van der Waals surface area contributed by atoms with Crippen molar-refractivity contribution in [3.8, 4) is 10.6 Å². The van der Waals surface area contributed by atoms with E-state index in [1.807, 2.05) is 0 Å². The van der Waals surface area contributed by atoms with Crippen molar-refractivity contribution in [3.05, 3.63) is 58.3 Å². The minimum atomic E-state index is -0.757. The van der Waals surface area contributed by atoms with Gasteiger partial charge in [0.1, 0.15) is 27.5 Å². The molecule has 3 aliphatic rings. The molecular weight excluding hydrogens is 460 g/mol. The second-order valence-corrected chi connectivity index (χ2v) is 9.73. The Balaban J connectivity index is 1.48. The fourth-order valence-corrected chi connectivity index (χ4v) is 5.63. The second-order valence-electron chi connectivity index (χ2n) is 8.70. The highest BCUT2D eigenvalue weighted by molar-refractivity contribution is 7.19. The summed E-state index contributed by atoms with van der Waals surface area (Å²) in [5.74, 6) is -1.04. The van der Waals surface area contributed by atoms with E-state index in [4.69, 9.17) is 11.5 Å². The quantitative estimate of drug-likeness (QED) is 0.448. The number of carbonyl (C=O) groups excluding carboxylic acids is 1. The van der Waals surface area contributed by atoms with Crippen LogP contribution in [0.3, 0.4) is 0 Å². The van der Waals surface area contributed by atoms with Crippen molar-refractivity contribution in [3.63, 3.8) is 0 Å². The number of nitrogens with one attached hydrogen (secondary N) is 3. The lowest BCUT2D eigenvalue weighted by Crippen LogP contribution is -2.48. The van der Waals surface area contributed by atoms with E-state index < -0.39 is 17.5 Å². The highest BCUT2D eigenvalue weighted by Crippen LogP contribution is 2.34. The standard InChI is InChI=1S/C23H27F2N7OS/c24-14-6-1-7-15(25)17(14)23-31-18(20(27)34-23)22(33)30-16-10-29-21-13(5-2-8-28-21)19(16)32-9-3-4-12(26)11-32/h1,6-7,12,28-29H,2-5,8-11,26-27H2,(H,30,33)/t12-/m0/s1. The number of nitrogen functional groups attached to an aromatic ring is 1. The molecule has 1 aromatic carbocycles. The molecular formula is C23H27F2N7OS. The molecule has 0 spiro atoms. The third-order valence-electron chi connectivity index (χ3n) is 6.30. The van der Waals surface area contributed by atoms with Crippen LogP contribution in [-0.2, 0) is 0 Å². The maximum Gasteiger partial charge on any atom is 0.277 e. The van der Waals surface area contributed by atoms with E-state index in [0.29, 0.717) is 18.8 Å². The number of dihydropyridines is 1. The smallest absolute Gasteiger partial charge is 0.277 e. The number of halogens is 2. The number of anilines is 1. The highest BCUT2D eigenvalue weighted by Gasteiger charge is 2.31. The number of amides is 1. The normalized spacial score (nSPS) is 20.6. The molecule has 8 nitrogen and oxygen atoms in total. The van der Waals surface area contributed by atoms with Crippen LogP contribution in [-0.4, -0.2) is 48.0 Å². The fraction of sp³-hybridized carbons (Fsp3) is 0.391. The summed E-state index contributed by atoms with van der Waals surface area (Å²) >= 11 is 0.881. The molecule has 2 aromatic rings. The SMILES string of the molecule is Nc1sc(-c2c(F)cccc2F)nc1C(=O)NC1=C(N2CCC[C@H](N)C2)C2=C(NCCC2)NC1. The van der Waals surface area contributed by atoms with E-state index >= 15 is 0 Å². The Bertz CT molecular complexity index is 1170. The average Bonchev–Trinajstić information content (AvgIpc) is 3.20. The predicted molar refractivity (Wildman–Crippen MR) is 127 cm³/mol. The van der Waals surface area contributed by atoms with Gasteiger partial charge in [0, 0.05) is 31.2 Å². The van der Waals surface area contributed by atoms with Crippen molar-refractivity contribution in [2.45, 2.75) is 31.7 Å². The van der Waals surface area contributed by atoms with Crippen LogP contribution in [0.15, 0.2) is 41.0 Å². The Morgan fingerprint density at radius 2 is 2.03 bits per heavy atom. The zero-order valence-corrected chi connectivity index (χ0v) is 19.4. The van der Waals surface area contributed by atoms with Crippen LogP contribution in [0.5, 0.6) is 0 Å². The molecule has 0 bridgehead atoms. The molecule has 1 saturated heterocycles. The van der Waals surface area contributed by atoms with Crippen LogP contribution >= 0.6 is 11.3 Å². The van der Waals surface area contributed by atoms with Gasteiger partial charge in [-0.25, -0.2) is 13.8 Å². The number of hydrogen-bond donors (Lipinski definition) is 5. The lowest BCUT2D eigenvalue weighted by molar-refractivity contribution is 0.0959. The number of thiazole rings is 1. The van der Waals surface area contributed by atoms with Gasteiger partial charge in [0.05, 0.1) is 23.5 Å². The topological polar surface area (TPSA) is 121 Å². The molecule has 1 amide bonds. The molecule has 11 heteroatoms. The molecule has 0 unspecified atom stereocenters. The predicted octanol–water partition coefficient (Wildman–Crippen LogP) is 2.23. The highest BCUT2D eigenvalue weighted by atomic mass is 32.1. The molecule has 1 fully saturated rings. The number of aromatic nitrogens is 1. The first-order chi connectivity index (χ1) is 16.4. The van der Waals surface area contributed by atoms with Crippen LogP contribution in [0.2, 0.25) is 0 Å². The summed E-state index contributed by atoms with van der Waals surface area (Å²) in [5.41, 5.74) is 14.8. The molecule has 5 rings (SSSR count). The van der Waals surface area contributed by atoms with Gasteiger partial charge in [0.2, 0.25) is 0 Å². The summed E-state index contributed by atoms with van der Waals surface area (Å²) in [6.07, 6.45) is 3.82. The number of carbonyl (C=O) groups is 1. The molecule has 0 saturated carbocycles. The lowest BCUT2D eigenvalue weighted by atomic mass is 9.95. The van der Waals surface area contributed by atoms with E-state index in [9.17, 15) is 13.6 Å². The largest absolute Gasteiger partial charge is 0.389 e. The Hall–Kier alpha value is -3.18. The van der Waals surface area contributed by atoms with Gasteiger partial charge in [-0.05, 0) is 37.8 Å².